The van der Waals surface area contributed by atoms with Crippen LogP contribution in [0.5, 0.6) is 0 Å². The van der Waals surface area contributed by atoms with Gasteiger partial charge in [0, 0.05) is 24.4 Å². The van der Waals surface area contributed by atoms with Crippen LogP contribution in [-0.2, 0) is 4.79 Å². The van der Waals surface area contributed by atoms with Crippen molar-refractivity contribution in [1.82, 2.24) is 19.3 Å². The predicted molar refractivity (Wildman–Crippen MR) is 127 cm³/mol. The summed E-state index contributed by atoms with van der Waals surface area (Å²) < 4.78 is 3.40. The number of aromatic nitrogens is 4. The molecule has 2 aromatic heterocycles. The molecule has 3 heterocycles. The fourth-order valence-corrected chi connectivity index (χ4v) is 5.31. The fraction of sp³-hybridized carbons (Fsp3) is 0.250. The van der Waals surface area contributed by atoms with Gasteiger partial charge in [-0.05, 0) is 37.6 Å². The van der Waals surface area contributed by atoms with Gasteiger partial charge in [-0.25, -0.2) is 9.67 Å². The summed E-state index contributed by atoms with van der Waals surface area (Å²) in [4.78, 5) is 33.0. The fourth-order valence-electron chi connectivity index (χ4n) is 4.18. The van der Waals surface area contributed by atoms with Crippen LogP contribution >= 0.6 is 11.8 Å². The van der Waals surface area contributed by atoms with Crippen LogP contribution in [-0.4, -0.2) is 37.5 Å². The maximum Gasteiger partial charge on any atom is 0.265 e. The Morgan fingerprint density at radius 2 is 1.91 bits per heavy atom. The van der Waals surface area contributed by atoms with Crippen LogP contribution in [0.1, 0.15) is 24.9 Å². The standard InChI is InChI=1S/C24H23N5O2S/c1-3-27(17-10-5-4-6-11-17)21(30)13-18-15-32-24-26-22-19(23(31)28(18)24)14-25-29(22)20-12-8-7-9-16(20)2/h4-12,14,18H,3,13,15H2,1-2H3. The van der Waals surface area contributed by atoms with Gasteiger partial charge in [-0.3, -0.25) is 14.2 Å². The summed E-state index contributed by atoms with van der Waals surface area (Å²) >= 11 is 1.51. The molecular weight excluding hydrogens is 422 g/mol. The minimum atomic E-state index is -0.230. The van der Waals surface area contributed by atoms with Gasteiger partial charge in [-0.1, -0.05) is 48.2 Å². The second kappa shape index (κ2) is 8.27. The lowest BCUT2D eigenvalue weighted by Gasteiger charge is -2.23. The molecule has 32 heavy (non-hydrogen) atoms. The minimum absolute atomic E-state index is 0.000229. The number of rotatable bonds is 5. The summed E-state index contributed by atoms with van der Waals surface area (Å²) in [6.45, 7) is 4.54. The molecule has 1 atom stereocenters. The van der Waals surface area contributed by atoms with Gasteiger partial charge in [-0.2, -0.15) is 5.10 Å². The predicted octanol–water partition coefficient (Wildman–Crippen LogP) is 3.98. The average molecular weight is 446 g/mol. The first-order valence-corrected chi connectivity index (χ1v) is 11.6. The van der Waals surface area contributed by atoms with Crippen molar-refractivity contribution in [2.45, 2.75) is 31.5 Å². The number of aryl methyl sites for hydroxylation is 1. The van der Waals surface area contributed by atoms with E-state index in [-0.39, 0.29) is 23.9 Å². The molecule has 0 saturated carbocycles. The van der Waals surface area contributed by atoms with Crippen LogP contribution in [0.15, 0.2) is 70.7 Å². The monoisotopic (exact) mass is 445 g/mol. The highest BCUT2D eigenvalue weighted by Gasteiger charge is 2.31. The molecule has 5 rings (SSSR count). The average Bonchev–Trinajstić information content (AvgIpc) is 3.40. The maximum atomic E-state index is 13.4. The third-order valence-corrected chi connectivity index (χ3v) is 6.91. The Morgan fingerprint density at radius 1 is 1.16 bits per heavy atom. The van der Waals surface area contributed by atoms with E-state index in [0.717, 1.165) is 16.9 Å². The molecule has 1 aliphatic rings. The number of hydrogen-bond acceptors (Lipinski definition) is 5. The lowest BCUT2D eigenvalue weighted by molar-refractivity contribution is -0.119. The molecule has 7 nitrogen and oxygen atoms in total. The van der Waals surface area contributed by atoms with Crippen molar-refractivity contribution in [2.24, 2.45) is 0 Å². The third-order valence-electron chi connectivity index (χ3n) is 5.81. The largest absolute Gasteiger partial charge is 0.313 e. The van der Waals surface area contributed by atoms with Crippen LogP contribution < -0.4 is 10.5 Å². The number of carbonyl (C=O) groups is 1. The Kier molecular flexibility index (Phi) is 5.30. The first-order valence-electron chi connectivity index (χ1n) is 10.6. The number of amides is 1. The number of anilines is 1. The Bertz CT molecular complexity index is 1360. The summed E-state index contributed by atoms with van der Waals surface area (Å²) in [7, 11) is 0. The van der Waals surface area contributed by atoms with Crippen LogP contribution in [0.2, 0.25) is 0 Å². The Morgan fingerprint density at radius 3 is 2.66 bits per heavy atom. The zero-order valence-corrected chi connectivity index (χ0v) is 18.7. The van der Waals surface area contributed by atoms with Gasteiger partial charge in [0.05, 0.1) is 17.9 Å². The molecule has 0 saturated heterocycles. The number of thioether (sulfide) groups is 1. The SMILES string of the molecule is CCN(C(=O)CC1CSc2nc3c(cnn3-c3ccccc3C)c(=O)n21)c1ccccc1. The molecule has 1 amide bonds. The number of nitrogens with zero attached hydrogens (tertiary/aromatic N) is 5. The quantitative estimate of drug-likeness (QED) is 0.435. The smallest absolute Gasteiger partial charge is 0.265 e. The molecule has 0 radical (unpaired) electrons. The van der Waals surface area contributed by atoms with Gasteiger partial charge in [0.1, 0.15) is 5.39 Å². The number of carbonyl (C=O) groups excluding carboxylic acids is 1. The molecule has 0 bridgehead atoms. The normalized spacial score (nSPS) is 15.1. The van der Waals surface area contributed by atoms with Crippen molar-refractivity contribution in [3.63, 3.8) is 0 Å². The molecule has 162 valence electrons. The number of hydrogen-bond donors (Lipinski definition) is 0. The highest BCUT2D eigenvalue weighted by molar-refractivity contribution is 7.99. The Balaban J connectivity index is 1.49. The lowest BCUT2D eigenvalue weighted by Crippen LogP contribution is -2.34. The summed E-state index contributed by atoms with van der Waals surface area (Å²) in [5.41, 5.74) is 3.23. The topological polar surface area (TPSA) is 73.0 Å². The Labute approximate surface area is 189 Å². The van der Waals surface area contributed by atoms with E-state index in [4.69, 9.17) is 4.98 Å². The van der Waals surface area contributed by atoms with Gasteiger partial charge in [0.15, 0.2) is 10.8 Å². The molecule has 0 aliphatic carbocycles. The Hall–Kier alpha value is -3.39. The minimum Gasteiger partial charge on any atom is -0.313 e. The van der Waals surface area contributed by atoms with Crippen molar-refractivity contribution in [3.8, 4) is 5.69 Å². The molecule has 8 heteroatoms. The summed E-state index contributed by atoms with van der Waals surface area (Å²) in [6.07, 6.45) is 1.83. The maximum absolute atomic E-state index is 13.4. The highest BCUT2D eigenvalue weighted by Crippen LogP contribution is 2.34. The van der Waals surface area contributed by atoms with Crippen LogP contribution in [0, 0.1) is 6.92 Å². The lowest BCUT2D eigenvalue weighted by atomic mass is 10.2. The van der Waals surface area contributed by atoms with Gasteiger partial charge in [0.2, 0.25) is 5.91 Å². The van der Waals surface area contributed by atoms with E-state index in [2.05, 4.69) is 5.10 Å². The molecule has 1 unspecified atom stereocenters. The van der Waals surface area contributed by atoms with Gasteiger partial charge in [0.25, 0.3) is 5.56 Å². The van der Waals surface area contributed by atoms with Crippen LogP contribution in [0.3, 0.4) is 0 Å². The highest BCUT2D eigenvalue weighted by atomic mass is 32.2. The zero-order chi connectivity index (χ0) is 22.2. The van der Waals surface area contributed by atoms with Crippen molar-refractivity contribution < 1.29 is 4.79 Å². The van der Waals surface area contributed by atoms with Crippen molar-refractivity contribution in [2.75, 3.05) is 17.2 Å². The first kappa shape index (κ1) is 20.5. The zero-order valence-electron chi connectivity index (χ0n) is 17.9. The molecule has 0 N–H and O–H groups in total. The molecule has 1 aliphatic heterocycles. The van der Waals surface area contributed by atoms with Crippen LogP contribution in [0.25, 0.3) is 16.7 Å². The van der Waals surface area contributed by atoms with Gasteiger partial charge >= 0.3 is 0 Å². The number of fused-ring (bicyclic) bond motifs is 2. The molecule has 0 fully saturated rings. The number of benzene rings is 2. The van der Waals surface area contributed by atoms with E-state index in [9.17, 15) is 9.59 Å². The van der Waals surface area contributed by atoms with E-state index in [1.54, 1.807) is 20.3 Å². The van der Waals surface area contributed by atoms with Gasteiger partial charge < -0.3 is 4.90 Å². The van der Waals surface area contributed by atoms with E-state index in [0.29, 0.717) is 28.5 Å². The van der Waals surface area contributed by atoms with Gasteiger partial charge in [-0.15, -0.1) is 0 Å². The molecule has 0 spiro atoms. The summed E-state index contributed by atoms with van der Waals surface area (Å²) in [5, 5.41) is 5.55. The van der Waals surface area contributed by atoms with Crippen molar-refractivity contribution >= 4 is 34.4 Å². The number of para-hydroxylation sites is 2. The second-order valence-electron chi connectivity index (χ2n) is 7.79. The summed E-state index contributed by atoms with van der Waals surface area (Å²) in [6, 6.07) is 17.3. The van der Waals surface area contributed by atoms with Crippen molar-refractivity contribution in [1.29, 1.82) is 0 Å². The summed E-state index contributed by atoms with van der Waals surface area (Å²) in [5.74, 6) is 0.643. The molecule has 4 aromatic rings. The van der Waals surface area contributed by atoms with E-state index < -0.39 is 0 Å². The second-order valence-corrected chi connectivity index (χ2v) is 8.78. The van der Waals surface area contributed by atoms with Crippen molar-refractivity contribution in [3.05, 3.63) is 76.7 Å². The molecule has 2 aromatic carbocycles. The van der Waals surface area contributed by atoms with E-state index in [1.807, 2.05) is 68.4 Å². The van der Waals surface area contributed by atoms with E-state index >= 15 is 0 Å². The third kappa shape index (κ3) is 3.40. The first-order chi connectivity index (χ1) is 15.6. The van der Waals surface area contributed by atoms with E-state index in [1.165, 1.54) is 11.8 Å². The molecular formula is C24H23N5O2S. The van der Waals surface area contributed by atoms with Crippen LogP contribution in [0.4, 0.5) is 5.69 Å².